The molecule has 4 rings (SSSR count). The summed E-state index contributed by atoms with van der Waals surface area (Å²) < 4.78 is 0. The summed E-state index contributed by atoms with van der Waals surface area (Å²) in [6, 6.07) is 21.7. The van der Waals surface area contributed by atoms with E-state index in [1.807, 2.05) is 36.4 Å². The number of phenolic OH excluding ortho intramolecular Hbond substituents is 1. The van der Waals surface area contributed by atoms with E-state index in [1.165, 1.54) is 11.9 Å². The number of fused-ring (bicyclic) bond motifs is 1. The Kier molecular flexibility index (Phi) is 3.78. The maximum Gasteiger partial charge on any atom is 0.258 e. The summed E-state index contributed by atoms with van der Waals surface area (Å²) in [5.41, 5.74) is 4.19. The third-order valence-corrected chi connectivity index (χ3v) is 4.29. The lowest BCUT2D eigenvalue weighted by Gasteiger charge is -2.11. The largest absolute Gasteiger partial charge is 0.506 e. The van der Waals surface area contributed by atoms with Crippen molar-refractivity contribution >= 4 is 10.9 Å². The fraction of sp³-hybridized carbons (Fsp3) is 0.0476. The number of nitrogens with one attached hydrogen (secondary N) is 1. The molecular formula is C21H16N2O2. The molecule has 3 aromatic carbocycles. The van der Waals surface area contributed by atoms with Crippen LogP contribution in [-0.2, 0) is 6.42 Å². The second kappa shape index (κ2) is 6.24. The number of aromatic amines is 1. The SMILES string of the molecule is O=c1[nH]cnc2c(O)cc(-c3ccccc3Cc3ccccc3)cc12. The molecule has 0 aliphatic rings. The summed E-state index contributed by atoms with van der Waals surface area (Å²) >= 11 is 0. The maximum atomic E-state index is 12.1. The van der Waals surface area contributed by atoms with Crippen LogP contribution in [0.3, 0.4) is 0 Å². The van der Waals surface area contributed by atoms with E-state index in [2.05, 4.69) is 28.2 Å². The van der Waals surface area contributed by atoms with Crippen molar-refractivity contribution in [1.82, 2.24) is 9.97 Å². The van der Waals surface area contributed by atoms with Crippen LogP contribution in [0.25, 0.3) is 22.0 Å². The van der Waals surface area contributed by atoms with Crippen LogP contribution in [0.4, 0.5) is 0 Å². The number of rotatable bonds is 3. The molecule has 0 radical (unpaired) electrons. The summed E-state index contributed by atoms with van der Waals surface area (Å²) in [6.45, 7) is 0. The number of H-pyrrole nitrogens is 1. The predicted molar refractivity (Wildman–Crippen MR) is 98.7 cm³/mol. The minimum absolute atomic E-state index is 0.00751. The van der Waals surface area contributed by atoms with E-state index in [0.29, 0.717) is 10.9 Å². The van der Waals surface area contributed by atoms with Gasteiger partial charge in [-0.3, -0.25) is 4.79 Å². The lowest BCUT2D eigenvalue weighted by Crippen LogP contribution is -2.06. The van der Waals surface area contributed by atoms with Crippen molar-refractivity contribution < 1.29 is 5.11 Å². The van der Waals surface area contributed by atoms with Gasteiger partial charge in [-0.15, -0.1) is 0 Å². The molecule has 0 unspecified atom stereocenters. The normalized spacial score (nSPS) is 10.9. The van der Waals surface area contributed by atoms with E-state index >= 15 is 0 Å². The minimum Gasteiger partial charge on any atom is -0.506 e. The number of nitrogens with zero attached hydrogens (tertiary/aromatic N) is 1. The van der Waals surface area contributed by atoms with Crippen LogP contribution in [0.5, 0.6) is 5.75 Å². The second-order valence-electron chi connectivity index (χ2n) is 5.94. The molecule has 0 bridgehead atoms. The molecule has 1 heterocycles. The van der Waals surface area contributed by atoms with Gasteiger partial charge in [-0.2, -0.15) is 0 Å². The van der Waals surface area contributed by atoms with Crippen LogP contribution in [0, 0.1) is 0 Å². The first-order chi connectivity index (χ1) is 12.2. The number of benzene rings is 3. The van der Waals surface area contributed by atoms with E-state index in [4.69, 9.17) is 0 Å². The molecule has 0 fully saturated rings. The molecule has 4 aromatic rings. The lowest BCUT2D eigenvalue weighted by molar-refractivity contribution is 0.480. The van der Waals surface area contributed by atoms with Crippen molar-refractivity contribution in [3.63, 3.8) is 0 Å². The summed E-state index contributed by atoms with van der Waals surface area (Å²) in [4.78, 5) is 18.7. The predicted octanol–water partition coefficient (Wildman–Crippen LogP) is 3.89. The van der Waals surface area contributed by atoms with Crippen molar-refractivity contribution in [2.24, 2.45) is 0 Å². The third-order valence-electron chi connectivity index (χ3n) is 4.29. The molecule has 0 aliphatic heterocycles. The Bertz CT molecular complexity index is 1100. The standard InChI is InChI=1S/C21H16N2O2/c24-19-12-16(11-18-20(19)22-13-23-21(18)25)17-9-5-4-8-15(17)10-14-6-2-1-3-7-14/h1-9,11-13,24H,10H2,(H,22,23,25). The number of hydrogen-bond donors (Lipinski definition) is 2. The Balaban J connectivity index is 1.87. The van der Waals surface area contributed by atoms with Crippen molar-refractivity contribution in [2.75, 3.05) is 0 Å². The minimum atomic E-state index is -0.261. The van der Waals surface area contributed by atoms with Gasteiger partial charge in [-0.1, -0.05) is 54.6 Å². The van der Waals surface area contributed by atoms with E-state index in [9.17, 15) is 9.90 Å². The smallest absolute Gasteiger partial charge is 0.258 e. The highest BCUT2D eigenvalue weighted by atomic mass is 16.3. The molecule has 1 aromatic heterocycles. The van der Waals surface area contributed by atoms with Gasteiger partial charge in [0.15, 0.2) is 0 Å². The van der Waals surface area contributed by atoms with Crippen LogP contribution in [0.2, 0.25) is 0 Å². The number of hydrogen-bond acceptors (Lipinski definition) is 3. The molecule has 122 valence electrons. The van der Waals surface area contributed by atoms with Crippen molar-refractivity contribution in [1.29, 1.82) is 0 Å². The van der Waals surface area contributed by atoms with E-state index in [0.717, 1.165) is 23.1 Å². The first-order valence-corrected chi connectivity index (χ1v) is 8.05. The third kappa shape index (κ3) is 2.90. The number of aromatic hydroxyl groups is 1. The highest BCUT2D eigenvalue weighted by Crippen LogP contribution is 2.31. The van der Waals surface area contributed by atoms with Gasteiger partial charge in [0.25, 0.3) is 5.56 Å². The van der Waals surface area contributed by atoms with E-state index < -0.39 is 0 Å². The fourth-order valence-corrected chi connectivity index (χ4v) is 3.09. The van der Waals surface area contributed by atoms with Gasteiger partial charge >= 0.3 is 0 Å². The molecule has 0 amide bonds. The first kappa shape index (κ1) is 15.1. The van der Waals surface area contributed by atoms with Crippen LogP contribution in [0.15, 0.2) is 77.9 Å². The Labute approximate surface area is 144 Å². The average molecular weight is 328 g/mol. The van der Waals surface area contributed by atoms with Gasteiger partial charge in [-0.05, 0) is 40.8 Å². The van der Waals surface area contributed by atoms with Crippen molar-refractivity contribution in [3.05, 3.63) is 94.5 Å². The number of phenols is 1. The summed E-state index contributed by atoms with van der Waals surface area (Å²) in [7, 11) is 0. The van der Waals surface area contributed by atoms with Crippen LogP contribution in [0.1, 0.15) is 11.1 Å². The van der Waals surface area contributed by atoms with Crippen LogP contribution >= 0.6 is 0 Å². The highest BCUT2D eigenvalue weighted by Gasteiger charge is 2.11. The van der Waals surface area contributed by atoms with E-state index in [1.54, 1.807) is 12.1 Å². The lowest BCUT2D eigenvalue weighted by atomic mass is 9.94. The first-order valence-electron chi connectivity index (χ1n) is 8.05. The molecule has 2 N–H and O–H groups in total. The Morgan fingerprint density at radius 1 is 0.960 bits per heavy atom. The molecule has 0 spiro atoms. The molecule has 4 nitrogen and oxygen atoms in total. The molecule has 0 saturated carbocycles. The fourth-order valence-electron chi connectivity index (χ4n) is 3.09. The molecule has 0 saturated heterocycles. The zero-order chi connectivity index (χ0) is 17.2. The van der Waals surface area contributed by atoms with Gasteiger partial charge < -0.3 is 10.1 Å². The molecular weight excluding hydrogens is 312 g/mol. The number of aromatic nitrogens is 2. The van der Waals surface area contributed by atoms with Gasteiger partial charge in [0, 0.05) is 0 Å². The topological polar surface area (TPSA) is 66.0 Å². The van der Waals surface area contributed by atoms with Gasteiger partial charge in [0.2, 0.25) is 0 Å². The zero-order valence-corrected chi connectivity index (χ0v) is 13.4. The monoisotopic (exact) mass is 328 g/mol. The summed E-state index contributed by atoms with van der Waals surface area (Å²) in [6.07, 6.45) is 2.08. The molecule has 4 heteroatoms. The highest BCUT2D eigenvalue weighted by molar-refractivity contribution is 5.89. The van der Waals surface area contributed by atoms with Crippen molar-refractivity contribution in [2.45, 2.75) is 6.42 Å². The van der Waals surface area contributed by atoms with Crippen molar-refractivity contribution in [3.8, 4) is 16.9 Å². The molecule has 25 heavy (non-hydrogen) atoms. The Hall–Kier alpha value is -3.40. The average Bonchev–Trinajstić information content (AvgIpc) is 2.64. The Morgan fingerprint density at radius 2 is 1.72 bits per heavy atom. The van der Waals surface area contributed by atoms with Crippen LogP contribution in [-0.4, -0.2) is 15.1 Å². The quantitative estimate of drug-likeness (QED) is 0.600. The molecule has 0 aliphatic carbocycles. The van der Waals surface area contributed by atoms with Gasteiger partial charge in [0.1, 0.15) is 11.3 Å². The van der Waals surface area contributed by atoms with E-state index in [-0.39, 0.29) is 11.3 Å². The van der Waals surface area contributed by atoms with Gasteiger partial charge in [-0.25, -0.2) is 4.98 Å². The van der Waals surface area contributed by atoms with Crippen LogP contribution < -0.4 is 5.56 Å². The zero-order valence-electron chi connectivity index (χ0n) is 13.4. The Morgan fingerprint density at radius 3 is 2.56 bits per heavy atom. The summed E-state index contributed by atoms with van der Waals surface area (Å²) in [5, 5.41) is 10.7. The maximum absolute atomic E-state index is 12.1. The second-order valence-corrected chi connectivity index (χ2v) is 5.94. The molecule has 0 atom stereocenters. The summed E-state index contributed by atoms with van der Waals surface area (Å²) in [5.74, 6) is 0.00751. The van der Waals surface area contributed by atoms with Gasteiger partial charge in [0.05, 0.1) is 11.7 Å².